The van der Waals surface area contributed by atoms with Crippen LogP contribution in [0.1, 0.15) is 12.8 Å². The first-order valence-corrected chi connectivity index (χ1v) is 3.20. The highest BCUT2D eigenvalue weighted by molar-refractivity contribution is 5.95. The molecule has 0 aliphatic heterocycles. The van der Waals surface area contributed by atoms with Crippen LogP contribution in [0.4, 0.5) is 0 Å². The minimum Gasteiger partial charge on any atom is -0.218 e. The molecule has 2 radical (unpaired) electrons. The molecule has 0 saturated heterocycles. The molecule has 2 amide bonds. The molecule has 0 aliphatic carbocycles. The second-order valence-electron chi connectivity index (χ2n) is 1.88. The van der Waals surface area contributed by atoms with Gasteiger partial charge in [0, 0.05) is 0 Å². The van der Waals surface area contributed by atoms with Crippen LogP contribution in [0.5, 0.6) is 0 Å². The molecule has 0 spiro atoms. The minimum atomic E-state index is -0.452. The van der Waals surface area contributed by atoms with Gasteiger partial charge in [0.2, 0.25) is 5.32 Å². The van der Waals surface area contributed by atoms with Crippen LogP contribution in [0.25, 0.3) is 0 Å². The van der Waals surface area contributed by atoms with E-state index in [1.54, 1.807) is 0 Å². The highest BCUT2D eigenvalue weighted by atomic mass is 16.2. The Bertz CT molecular complexity index is 165. The van der Waals surface area contributed by atoms with E-state index in [4.69, 9.17) is 0 Å². The van der Waals surface area contributed by atoms with E-state index in [1.165, 1.54) is 12.2 Å². The SMILES string of the molecule is C=CCC(=O)[N+]C(=O)CC=C. The fourth-order valence-electron chi connectivity index (χ4n) is 0.477. The Hall–Kier alpha value is -1.22. The molecule has 0 aromatic rings. The number of hydrogen-bond donors (Lipinski definition) is 0. The van der Waals surface area contributed by atoms with Gasteiger partial charge in [0.05, 0.1) is 12.8 Å². The molecule has 0 unspecified atom stereocenters. The molecule has 0 atom stereocenters. The number of imide groups is 1. The average molecular weight is 152 g/mol. The first kappa shape index (κ1) is 9.78. The molecule has 0 aromatic carbocycles. The normalized spacial score (nSPS) is 8.73. The lowest BCUT2D eigenvalue weighted by Gasteiger charge is -1.77. The molecule has 3 heteroatoms. The summed E-state index contributed by atoms with van der Waals surface area (Å²) in [6, 6.07) is 0. The zero-order chi connectivity index (χ0) is 8.69. The van der Waals surface area contributed by atoms with Crippen molar-refractivity contribution in [1.29, 1.82) is 0 Å². The van der Waals surface area contributed by atoms with Gasteiger partial charge in [-0.15, -0.1) is 13.2 Å². The molecule has 0 aromatic heterocycles. The van der Waals surface area contributed by atoms with Crippen molar-refractivity contribution in [2.24, 2.45) is 0 Å². The Kier molecular flexibility index (Phi) is 4.94. The van der Waals surface area contributed by atoms with Gasteiger partial charge >= 0.3 is 11.8 Å². The van der Waals surface area contributed by atoms with Crippen LogP contribution in [0.3, 0.4) is 0 Å². The molecule has 0 N–H and O–H groups in total. The van der Waals surface area contributed by atoms with Crippen molar-refractivity contribution in [2.75, 3.05) is 0 Å². The van der Waals surface area contributed by atoms with Gasteiger partial charge in [-0.05, 0) is 0 Å². The summed E-state index contributed by atoms with van der Waals surface area (Å²) in [5.41, 5.74) is 0. The Morgan fingerprint density at radius 2 is 1.45 bits per heavy atom. The third kappa shape index (κ3) is 5.24. The van der Waals surface area contributed by atoms with E-state index in [0.29, 0.717) is 0 Å². The van der Waals surface area contributed by atoms with Crippen molar-refractivity contribution in [3.63, 3.8) is 0 Å². The standard InChI is InChI=1S/C8H10NO2/c1-3-5-7(10)9-8(11)6-4-2/h3-4H,1-2,5-6H2/q+1. The van der Waals surface area contributed by atoms with Crippen LogP contribution in [0.15, 0.2) is 25.3 Å². The zero-order valence-corrected chi connectivity index (χ0v) is 6.25. The van der Waals surface area contributed by atoms with Crippen LogP contribution in [-0.2, 0) is 9.59 Å². The Balaban J connectivity index is 3.65. The summed E-state index contributed by atoms with van der Waals surface area (Å²) in [5.74, 6) is -0.904. The van der Waals surface area contributed by atoms with Crippen LogP contribution < -0.4 is 5.32 Å². The third-order valence-corrected chi connectivity index (χ3v) is 0.887. The van der Waals surface area contributed by atoms with E-state index in [1.807, 2.05) is 0 Å². The molecule has 0 aliphatic rings. The zero-order valence-electron chi connectivity index (χ0n) is 6.25. The van der Waals surface area contributed by atoms with Crippen molar-refractivity contribution in [1.82, 2.24) is 5.32 Å². The highest BCUT2D eigenvalue weighted by Crippen LogP contribution is 1.85. The van der Waals surface area contributed by atoms with E-state index >= 15 is 0 Å². The number of carbonyl (C=O) groups excluding carboxylic acids is 2. The summed E-state index contributed by atoms with van der Waals surface area (Å²) in [6.07, 6.45) is 3.05. The molecule has 0 rings (SSSR count). The van der Waals surface area contributed by atoms with E-state index in [0.717, 1.165) is 0 Å². The molecule has 58 valence electrons. The number of hydrogen-bond acceptors (Lipinski definition) is 2. The molecule has 3 nitrogen and oxygen atoms in total. The quantitative estimate of drug-likeness (QED) is 0.559. The predicted octanol–water partition coefficient (Wildman–Crippen LogP) is 0.796. The topological polar surface area (TPSA) is 48.2 Å². The van der Waals surface area contributed by atoms with Crippen LogP contribution >= 0.6 is 0 Å². The number of carbonyl (C=O) groups is 2. The van der Waals surface area contributed by atoms with Gasteiger partial charge in [0.25, 0.3) is 0 Å². The van der Waals surface area contributed by atoms with Gasteiger partial charge in [-0.3, -0.25) is 0 Å². The van der Waals surface area contributed by atoms with Crippen LogP contribution in [0, 0.1) is 0 Å². The van der Waals surface area contributed by atoms with Crippen molar-refractivity contribution in [2.45, 2.75) is 12.8 Å². The fraction of sp³-hybridized carbons (Fsp3) is 0.250. The second kappa shape index (κ2) is 5.56. The van der Waals surface area contributed by atoms with E-state index in [9.17, 15) is 9.59 Å². The summed E-state index contributed by atoms with van der Waals surface area (Å²) in [7, 11) is 0. The lowest BCUT2D eigenvalue weighted by Crippen LogP contribution is -2.21. The Labute approximate surface area is 65.8 Å². The van der Waals surface area contributed by atoms with Gasteiger partial charge < -0.3 is 0 Å². The number of rotatable bonds is 4. The van der Waals surface area contributed by atoms with Crippen molar-refractivity contribution >= 4 is 11.8 Å². The Morgan fingerprint density at radius 1 is 1.09 bits per heavy atom. The monoisotopic (exact) mass is 152 g/mol. The molecule has 0 bridgehead atoms. The van der Waals surface area contributed by atoms with Crippen molar-refractivity contribution in [3.05, 3.63) is 25.3 Å². The molecule has 0 fully saturated rings. The van der Waals surface area contributed by atoms with E-state index in [-0.39, 0.29) is 12.8 Å². The summed E-state index contributed by atoms with van der Waals surface area (Å²) < 4.78 is 0. The van der Waals surface area contributed by atoms with Gasteiger partial charge in [0.15, 0.2) is 0 Å². The van der Waals surface area contributed by atoms with Gasteiger partial charge in [-0.1, -0.05) is 12.2 Å². The maximum atomic E-state index is 10.6. The number of amides is 2. The minimum absolute atomic E-state index is 0.114. The van der Waals surface area contributed by atoms with E-state index in [2.05, 4.69) is 18.5 Å². The first-order chi connectivity index (χ1) is 5.20. The van der Waals surface area contributed by atoms with Crippen LogP contribution in [0.2, 0.25) is 0 Å². The van der Waals surface area contributed by atoms with Crippen molar-refractivity contribution in [3.8, 4) is 0 Å². The lowest BCUT2D eigenvalue weighted by atomic mass is 10.3. The first-order valence-electron chi connectivity index (χ1n) is 3.20. The molecular formula is C8H10NO2+. The summed E-state index contributed by atoms with van der Waals surface area (Å²) >= 11 is 0. The van der Waals surface area contributed by atoms with Gasteiger partial charge in [-0.2, -0.15) is 0 Å². The lowest BCUT2D eigenvalue weighted by molar-refractivity contribution is -0.129. The largest absolute Gasteiger partial charge is 0.435 e. The fourth-order valence-corrected chi connectivity index (χ4v) is 0.477. The molecule has 0 saturated carbocycles. The maximum Gasteiger partial charge on any atom is 0.435 e. The maximum absolute atomic E-state index is 10.6. The highest BCUT2D eigenvalue weighted by Gasteiger charge is 2.24. The van der Waals surface area contributed by atoms with Gasteiger partial charge in [0.1, 0.15) is 0 Å². The molecule has 0 heterocycles. The van der Waals surface area contributed by atoms with Crippen molar-refractivity contribution < 1.29 is 9.59 Å². The Morgan fingerprint density at radius 3 is 1.73 bits per heavy atom. The van der Waals surface area contributed by atoms with E-state index < -0.39 is 11.8 Å². The predicted molar refractivity (Wildman–Crippen MR) is 41.8 cm³/mol. The summed E-state index contributed by atoms with van der Waals surface area (Å²) in [6.45, 7) is 6.68. The van der Waals surface area contributed by atoms with Gasteiger partial charge in [-0.25, -0.2) is 9.59 Å². The second-order valence-corrected chi connectivity index (χ2v) is 1.88. The summed E-state index contributed by atoms with van der Waals surface area (Å²) in [4.78, 5) is 21.3. The summed E-state index contributed by atoms with van der Waals surface area (Å²) in [5, 5.41) is 3.24. The van der Waals surface area contributed by atoms with Crippen LogP contribution in [-0.4, -0.2) is 11.8 Å². The smallest absolute Gasteiger partial charge is 0.218 e. The average Bonchev–Trinajstić information content (AvgIpc) is 1.87. The molecular weight excluding hydrogens is 142 g/mol. The molecule has 11 heavy (non-hydrogen) atoms. The number of nitrogens with zero attached hydrogens (tertiary/aromatic N) is 1. The third-order valence-electron chi connectivity index (χ3n) is 0.887.